The molecule has 13 aromatic carbocycles. The first kappa shape index (κ1) is 54.9. The fraction of sp³-hybridized carbons (Fsp3) is 0.0244. The molecular weight excluding hydrogens is 1170 g/mol. The molecule has 7 heteroatoms. The van der Waals surface area contributed by atoms with Gasteiger partial charge in [0.2, 0.25) is 0 Å². The summed E-state index contributed by atoms with van der Waals surface area (Å²) in [4.78, 5) is 4.31. The molecule has 0 radical (unpaired) electrons. The minimum atomic E-state index is -0.876. The molecule has 0 saturated carbocycles. The minimum absolute atomic E-state index is 0.310. The number of halogens is 4. The van der Waals surface area contributed by atoms with E-state index in [2.05, 4.69) is 232 Å². The van der Waals surface area contributed by atoms with Crippen LogP contribution in [0, 0.1) is 17.5 Å². The zero-order valence-electron chi connectivity index (χ0n) is 48.0. The molecule has 0 aromatic heterocycles. The minimum Gasteiger partial charge on any atom is -0.457 e. The SMILES string of the molecule is C=Cc1ccc(Oc2ccc(C3(c4ccc(F)cc4)c4ccccc4-c4ccc(N(c5ccc(F)cc5)c5ccc(-c6ccc(N(c7ccc(F)cc7)c7ccc(C8(c9ccc(Br)cc9)c9ccccc9-c9ccccc98)cc7)cc6)cc5)cc43)cc2)cc1. The molecule has 2 aliphatic rings. The van der Waals surface area contributed by atoms with Crippen molar-refractivity contribution in [2.24, 2.45) is 0 Å². The molecule has 13 aromatic rings. The number of anilines is 6. The van der Waals surface area contributed by atoms with Gasteiger partial charge in [0.05, 0.1) is 10.8 Å². The summed E-state index contributed by atoms with van der Waals surface area (Å²) in [6, 6.07) is 103. The first-order valence-corrected chi connectivity index (χ1v) is 30.4. The fourth-order valence-electron chi connectivity index (χ4n) is 13.7. The van der Waals surface area contributed by atoms with E-state index in [4.69, 9.17) is 4.74 Å². The van der Waals surface area contributed by atoms with Crippen LogP contribution in [0.25, 0.3) is 39.5 Å². The van der Waals surface area contributed by atoms with Gasteiger partial charge < -0.3 is 14.5 Å². The van der Waals surface area contributed by atoms with Gasteiger partial charge in [-0.15, -0.1) is 0 Å². The number of hydrogen-bond acceptors (Lipinski definition) is 3. The van der Waals surface area contributed by atoms with Crippen molar-refractivity contribution in [3.63, 3.8) is 0 Å². The standard InChI is InChI=1S/C82H54BrF3N2O/c1-2-54-15-48-71(49-16-54)89-72-50-27-60(28-51-72)82(58-23-31-62(84)32-24-58)79-14-8-5-11-75(79)76-52-47-70(53-80(76)82)88(69-45-35-64(86)36-46-69)66-39-19-56(20-40-66)55-17-37-65(38-18-55)87(68-43-33-63(85)34-44-68)67-41-25-59(26-42-67)81(57-21-29-61(83)30-22-57)77-12-6-3-9-73(77)74-10-4-7-13-78(74)81/h2-53H,1H2. The van der Waals surface area contributed by atoms with E-state index >= 15 is 4.39 Å². The van der Waals surface area contributed by atoms with Crippen LogP contribution in [0.3, 0.4) is 0 Å². The van der Waals surface area contributed by atoms with Gasteiger partial charge in [0.25, 0.3) is 0 Å². The summed E-state index contributed by atoms with van der Waals surface area (Å²) in [6.45, 7) is 3.88. The average molecular weight is 1220 g/mol. The first-order valence-electron chi connectivity index (χ1n) is 29.6. The smallest absolute Gasteiger partial charge is 0.127 e. The number of nitrogens with zero attached hydrogens (tertiary/aromatic N) is 2. The molecule has 15 rings (SSSR count). The van der Waals surface area contributed by atoms with E-state index in [9.17, 15) is 8.78 Å². The summed E-state index contributed by atoms with van der Waals surface area (Å²) < 4.78 is 51.9. The van der Waals surface area contributed by atoms with Gasteiger partial charge in [-0.05, 0) is 229 Å². The van der Waals surface area contributed by atoms with Crippen molar-refractivity contribution in [1.29, 1.82) is 0 Å². The van der Waals surface area contributed by atoms with Crippen LogP contribution in [0.5, 0.6) is 11.5 Å². The highest BCUT2D eigenvalue weighted by molar-refractivity contribution is 9.10. The molecule has 0 bridgehead atoms. The Bertz CT molecular complexity index is 4720. The molecule has 0 saturated heterocycles. The highest BCUT2D eigenvalue weighted by Gasteiger charge is 2.48. The molecule has 0 amide bonds. The van der Waals surface area contributed by atoms with Gasteiger partial charge in [-0.1, -0.05) is 192 Å². The van der Waals surface area contributed by atoms with Crippen molar-refractivity contribution >= 4 is 56.1 Å². The van der Waals surface area contributed by atoms with Crippen LogP contribution in [0.2, 0.25) is 0 Å². The molecule has 1 atom stereocenters. The second-order valence-corrected chi connectivity index (χ2v) is 23.5. The van der Waals surface area contributed by atoms with Gasteiger partial charge in [0.1, 0.15) is 29.0 Å². The number of benzene rings is 13. The molecule has 0 aliphatic heterocycles. The van der Waals surface area contributed by atoms with Crippen LogP contribution >= 0.6 is 15.9 Å². The Morgan fingerprint density at radius 2 is 0.618 bits per heavy atom. The lowest BCUT2D eigenvalue weighted by Gasteiger charge is -2.35. The zero-order chi connectivity index (χ0) is 60.2. The summed E-state index contributed by atoms with van der Waals surface area (Å²) in [5.74, 6) is 0.410. The number of rotatable bonds is 14. The number of ether oxygens (including phenoxy) is 1. The molecular formula is C82H54BrF3N2O. The van der Waals surface area contributed by atoms with Crippen molar-refractivity contribution in [2.45, 2.75) is 10.8 Å². The van der Waals surface area contributed by atoms with Crippen molar-refractivity contribution in [3.05, 3.63) is 388 Å². The Balaban J connectivity index is 0.785. The second kappa shape index (κ2) is 22.5. The lowest BCUT2D eigenvalue weighted by Crippen LogP contribution is -2.28. The lowest BCUT2D eigenvalue weighted by atomic mass is 9.67. The number of fused-ring (bicyclic) bond motifs is 6. The van der Waals surface area contributed by atoms with E-state index in [1.54, 1.807) is 18.2 Å². The molecule has 0 N–H and O–H groups in total. The Labute approximate surface area is 524 Å². The highest BCUT2D eigenvalue weighted by Crippen LogP contribution is 2.59. The van der Waals surface area contributed by atoms with E-state index < -0.39 is 10.8 Å². The molecule has 3 nitrogen and oxygen atoms in total. The summed E-state index contributed by atoms with van der Waals surface area (Å²) in [5, 5.41) is 0. The van der Waals surface area contributed by atoms with Gasteiger partial charge in [0, 0.05) is 38.6 Å². The van der Waals surface area contributed by atoms with Gasteiger partial charge in [-0.3, -0.25) is 0 Å². The van der Waals surface area contributed by atoms with Crippen LogP contribution < -0.4 is 14.5 Å². The average Bonchev–Trinajstić information content (AvgIpc) is 1.60. The van der Waals surface area contributed by atoms with E-state index in [-0.39, 0.29) is 17.5 Å². The van der Waals surface area contributed by atoms with Gasteiger partial charge in [-0.25, -0.2) is 13.2 Å². The molecule has 0 fully saturated rings. The molecule has 1 unspecified atom stereocenters. The van der Waals surface area contributed by atoms with E-state index in [0.717, 1.165) is 94.2 Å². The maximum absolute atomic E-state index is 15.0. The third-order valence-electron chi connectivity index (χ3n) is 17.7. The Morgan fingerprint density at radius 3 is 1.04 bits per heavy atom. The second-order valence-electron chi connectivity index (χ2n) is 22.5. The third kappa shape index (κ3) is 9.45. The van der Waals surface area contributed by atoms with E-state index in [1.807, 2.05) is 60.7 Å². The Hall–Kier alpha value is -10.7. The van der Waals surface area contributed by atoms with Gasteiger partial charge >= 0.3 is 0 Å². The Kier molecular flexibility index (Phi) is 13.9. The molecule has 89 heavy (non-hydrogen) atoms. The van der Waals surface area contributed by atoms with Gasteiger partial charge in [-0.2, -0.15) is 0 Å². The maximum Gasteiger partial charge on any atom is 0.127 e. The normalized spacial score (nSPS) is 14.0. The molecule has 426 valence electrons. The van der Waals surface area contributed by atoms with Crippen LogP contribution in [-0.2, 0) is 10.8 Å². The van der Waals surface area contributed by atoms with Crippen LogP contribution in [0.15, 0.2) is 320 Å². The van der Waals surface area contributed by atoms with Crippen LogP contribution in [0.4, 0.5) is 47.3 Å². The predicted octanol–water partition coefficient (Wildman–Crippen LogP) is 22.6. The topological polar surface area (TPSA) is 15.7 Å². The predicted molar refractivity (Wildman–Crippen MR) is 360 cm³/mol. The van der Waals surface area contributed by atoms with Crippen molar-refractivity contribution in [2.75, 3.05) is 9.80 Å². The van der Waals surface area contributed by atoms with Crippen molar-refractivity contribution < 1.29 is 17.9 Å². The zero-order valence-corrected chi connectivity index (χ0v) is 49.6. The van der Waals surface area contributed by atoms with Gasteiger partial charge in [0.15, 0.2) is 0 Å². The Morgan fingerprint density at radius 1 is 0.315 bits per heavy atom. The third-order valence-corrected chi connectivity index (χ3v) is 18.3. The quantitative estimate of drug-likeness (QED) is 0.108. The maximum atomic E-state index is 15.0. The monoisotopic (exact) mass is 1220 g/mol. The molecule has 2 aliphatic carbocycles. The first-order chi connectivity index (χ1) is 43.7. The molecule has 0 heterocycles. The fourth-order valence-corrected chi connectivity index (χ4v) is 14.0. The summed E-state index contributed by atoms with van der Waals surface area (Å²) >= 11 is 3.69. The van der Waals surface area contributed by atoms with Crippen LogP contribution in [-0.4, -0.2) is 0 Å². The van der Waals surface area contributed by atoms with Crippen molar-refractivity contribution in [1.82, 2.24) is 0 Å². The highest BCUT2D eigenvalue weighted by atomic mass is 79.9. The van der Waals surface area contributed by atoms with Crippen molar-refractivity contribution in [3.8, 4) is 44.9 Å². The molecule has 0 spiro atoms. The lowest BCUT2D eigenvalue weighted by molar-refractivity contribution is 0.482. The largest absolute Gasteiger partial charge is 0.457 e. The summed E-state index contributed by atoms with van der Waals surface area (Å²) in [6.07, 6.45) is 1.80. The summed E-state index contributed by atoms with van der Waals surface area (Å²) in [5.41, 5.74) is 20.0. The number of hydrogen-bond donors (Lipinski definition) is 0. The van der Waals surface area contributed by atoms with Crippen LogP contribution in [0.1, 0.15) is 50.1 Å². The summed E-state index contributed by atoms with van der Waals surface area (Å²) in [7, 11) is 0. The van der Waals surface area contributed by atoms with E-state index in [1.165, 1.54) is 64.2 Å². The van der Waals surface area contributed by atoms with E-state index in [0.29, 0.717) is 11.5 Å².